The Hall–Kier alpha value is -2.13. The Morgan fingerprint density at radius 2 is 2.10 bits per heavy atom. The summed E-state index contributed by atoms with van der Waals surface area (Å²) in [6, 6.07) is 8.63. The Morgan fingerprint density at radius 1 is 1.33 bits per heavy atom. The van der Waals surface area contributed by atoms with E-state index in [0.29, 0.717) is 34.2 Å². The average molecular weight is 302 g/mol. The van der Waals surface area contributed by atoms with Crippen LogP contribution in [0.3, 0.4) is 0 Å². The van der Waals surface area contributed by atoms with Crippen LogP contribution in [0.15, 0.2) is 29.4 Å². The molecule has 0 aliphatic carbocycles. The number of hydrogen-bond acceptors (Lipinski definition) is 5. The Kier molecular flexibility index (Phi) is 5.12. The molecule has 1 aromatic heterocycles. The van der Waals surface area contributed by atoms with Gasteiger partial charge in [-0.3, -0.25) is 0 Å². The summed E-state index contributed by atoms with van der Waals surface area (Å²) in [4.78, 5) is 8.48. The molecule has 1 heterocycles. The zero-order chi connectivity index (χ0) is 15.2. The second kappa shape index (κ2) is 7.04. The first kappa shape index (κ1) is 15.3. The summed E-state index contributed by atoms with van der Waals surface area (Å²) >= 11 is 1.31. The predicted octanol–water partition coefficient (Wildman–Crippen LogP) is 3.31. The van der Waals surface area contributed by atoms with Crippen molar-refractivity contribution >= 4 is 17.6 Å². The van der Waals surface area contributed by atoms with Crippen LogP contribution in [0.5, 0.6) is 0 Å². The molecular weight excluding hydrogens is 287 g/mol. The van der Waals surface area contributed by atoms with Gasteiger partial charge in [0.05, 0.1) is 5.69 Å². The lowest BCUT2D eigenvalue weighted by molar-refractivity contribution is 0.617. The summed E-state index contributed by atoms with van der Waals surface area (Å²) in [5.74, 6) is 0.358. The van der Waals surface area contributed by atoms with E-state index < -0.39 is 0 Å². The highest BCUT2D eigenvalue weighted by molar-refractivity contribution is 7.98. The van der Waals surface area contributed by atoms with Crippen LogP contribution in [0.25, 0.3) is 0 Å². The summed E-state index contributed by atoms with van der Waals surface area (Å²) in [5, 5.41) is 9.57. The van der Waals surface area contributed by atoms with Crippen LogP contribution in [0, 0.1) is 17.1 Å². The van der Waals surface area contributed by atoms with Crippen LogP contribution in [0.4, 0.5) is 10.2 Å². The van der Waals surface area contributed by atoms with Crippen LogP contribution in [0.1, 0.15) is 30.2 Å². The molecule has 4 nitrogen and oxygen atoms in total. The number of hydrogen-bond donors (Lipinski definition) is 1. The Morgan fingerprint density at radius 3 is 2.76 bits per heavy atom. The molecule has 0 fully saturated rings. The highest BCUT2D eigenvalue weighted by Crippen LogP contribution is 2.24. The van der Waals surface area contributed by atoms with E-state index in [1.54, 1.807) is 18.2 Å². The molecule has 0 unspecified atom stereocenters. The third kappa shape index (κ3) is 3.70. The van der Waals surface area contributed by atoms with Crippen molar-refractivity contribution in [3.8, 4) is 6.07 Å². The number of benzene rings is 1. The van der Waals surface area contributed by atoms with E-state index in [4.69, 9.17) is 11.0 Å². The largest absolute Gasteiger partial charge is 0.382 e. The van der Waals surface area contributed by atoms with Gasteiger partial charge in [-0.25, -0.2) is 14.4 Å². The van der Waals surface area contributed by atoms with Crippen molar-refractivity contribution in [1.29, 1.82) is 5.26 Å². The standard InChI is InChI=1S/C15H15FN4S/c1-2-5-13-11(8-17)14(18)20-15(19-13)21-9-10-6-3-4-7-12(10)16/h3-4,6-7H,2,5,9H2,1H3,(H2,18,19,20). The zero-order valence-corrected chi connectivity index (χ0v) is 12.5. The minimum Gasteiger partial charge on any atom is -0.382 e. The second-order valence-electron chi connectivity index (χ2n) is 4.46. The van der Waals surface area contributed by atoms with Gasteiger partial charge in [-0.2, -0.15) is 5.26 Å². The van der Waals surface area contributed by atoms with Gasteiger partial charge in [0.15, 0.2) is 5.16 Å². The maximum atomic E-state index is 13.6. The van der Waals surface area contributed by atoms with Crippen molar-refractivity contribution in [1.82, 2.24) is 9.97 Å². The quantitative estimate of drug-likeness (QED) is 0.677. The Bertz CT molecular complexity index is 682. The third-order valence-electron chi connectivity index (χ3n) is 2.90. The number of aryl methyl sites for hydroxylation is 1. The van der Waals surface area contributed by atoms with E-state index in [0.717, 1.165) is 6.42 Å². The molecule has 0 saturated heterocycles. The van der Waals surface area contributed by atoms with Gasteiger partial charge in [-0.1, -0.05) is 43.3 Å². The lowest BCUT2D eigenvalue weighted by Gasteiger charge is -2.08. The van der Waals surface area contributed by atoms with Crippen molar-refractivity contribution in [2.75, 3.05) is 5.73 Å². The van der Waals surface area contributed by atoms with Gasteiger partial charge in [0.25, 0.3) is 0 Å². The fourth-order valence-corrected chi connectivity index (χ4v) is 2.72. The number of aromatic nitrogens is 2. The van der Waals surface area contributed by atoms with Crippen molar-refractivity contribution in [2.45, 2.75) is 30.7 Å². The summed E-state index contributed by atoms with van der Waals surface area (Å²) < 4.78 is 13.6. The molecule has 0 bridgehead atoms. The number of nitriles is 1. The molecule has 0 radical (unpaired) electrons. The van der Waals surface area contributed by atoms with E-state index in [1.807, 2.05) is 13.0 Å². The average Bonchev–Trinajstić information content (AvgIpc) is 2.47. The molecule has 0 amide bonds. The highest BCUT2D eigenvalue weighted by atomic mass is 32.2. The van der Waals surface area contributed by atoms with Gasteiger partial charge in [0.1, 0.15) is 23.3 Å². The Balaban J connectivity index is 2.21. The van der Waals surface area contributed by atoms with Crippen molar-refractivity contribution in [3.05, 3.63) is 46.9 Å². The van der Waals surface area contributed by atoms with Crippen LogP contribution in [0.2, 0.25) is 0 Å². The van der Waals surface area contributed by atoms with E-state index in [2.05, 4.69) is 9.97 Å². The van der Waals surface area contributed by atoms with Gasteiger partial charge in [0, 0.05) is 5.75 Å². The minimum absolute atomic E-state index is 0.187. The smallest absolute Gasteiger partial charge is 0.190 e. The van der Waals surface area contributed by atoms with Crippen LogP contribution >= 0.6 is 11.8 Å². The Labute approximate surface area is 127 Å². The number of anilines is 1. The van der Waals surface area contributed by atoms with Crippen molar-refractivity contribution in [2.24, 2.45) is 0 Å². The molecule has 0 spiro atoms. The molecule has 2 aromatic rings. The fourth-order valence-electron chi connectivity index (χ4n) is 1.86. The van der Waals surface area contributed by atoms with Crippen molar-refractivity contribution in [3.63, 3.8) is 0 Å². The van der Waals surface area contributed by atoms with Gasteiger partial charge in [0.2, 0.25) is 0 Å². The topological polar surface area (TPSA) is 75.6 Å². The first-order valence-corrected chi connectivity index (χ1v) is 7.57. The lowest BCUT2D eigenvalue weighted by atomic mass is 10.1. The summed E-state index contributed by atoms with van der Waals surface area (Å²) in [7, 11) is 0. The minimum atomic E-state index is -0.250. The maximum absolute atomic E-state index is 13.6. The van der Waals surface area contributed by atoms with Gasteiger partial charge in [-0.05, 0) is 18.1 Å². The number of rotatable bonds is 5. The van der Waals surface area contributed by atoms with E-state index in [9.17, 15) is 4.39 Å². The highest BCUT2D eigenvalue weighted by Gasteiger charge is 2.12. The molecule has 2 rings (SSSR count). The van der Waals surface area contributed by atoms with Crippen LogP contribution in [-0.4, -0.2) is 9.97 Å². The van der Waals surface area contributed by atoms with E-state index in [1.165, 1.54) is 17.8 Å². The SMILES string of the molecule is CCCc1nc(SCc2ccccc2F)nc(N)c1C#N. The molecular formula is C15H15FN4S. The molecule has 1 aromatic carbocycles. The van der Waals surface area contributed by atoms with Gasteiger partial charge in [-0.15, -0.1) is 0 Å². The molecule has 108 valence electrons. The molecule has 21 heavy (non-hydrogen) atoms. The van der Waals surface area contributed by atoms with Crippen molar-refractivity contribution < 1.29 is 4.39 Å². The lowest BCUT2D eigenvalue weighted by Crippen LogP contribution is -2.05. The van der Waals surface area contributed by atoms with Gasteiger partial charge < -0.3 is 5.73 Å². The zero-order valence-electron chi connectivity index (χ0n) is 11.6. The first-order valence-electron chi connectivity index (χ1n) is 6.58. The fraction of sp³-hybridized carbons (Fsp3) is 0.267. The normalized spacial score (nSPS) is 10.3. The van der Waals surface area contributed by atoms with E-state index >= 15 is 0 Å². The molecule has 0 aliphatic rings. The molecule has 0 aliphatic heterocycles. The molecule has 6 heteroatoms. The number of nitrogens with two attached hydrogens (primary N) is 1. The second-order valence-corrected chi connectivity index (χ2v) is 5.40. The van der Waals surface area contributed by atoms with Crippen LogP contribution in [-0.2, 0) is 12.2 Å². The number of nitrogens with zero attached hydrogens (tertiary/aromatic N) is 3. The summed E-state index contributed by atoms with van der Waals surface area (Å²) in [6.07, 6.45) is 1.53. The number of nitrogen functional groups attached to an aromatic ring is 1. The predicted molar refractivity (Wildman–Crippen MR) is 81.1 cm³/mol. The summed E-state index contributed by atoms with van der Waals surface area (Å²) in [5.41, 5.74) is 7.39. The van der Waals surface area contributed by atoms with Crippen LogP contribution < -0.4 is 5.73 Å². The third-order valence-corrected chi connectivity index (χ3v) is 3.80. The van der Waals surface area contributed by atoms with E-state index in [-0.39, 0.29) is 11.6 Å². The monoisotopic (exact) mass is 302 g/mol. The molecule has 2 N–H and O–H groups in total. The summed E-state index contributed by atoms with van der Waals surface area (Å²) in [6.45, 7) is 2.01. The molecule has 0 atom stereocenters. The number of halogens is 1. The number of thioether (sulfide) groups is 1. The molecule has 0 saturated carbocycles. The maximum Gasteiger partial charge on any atom is 0.190 e. The first-order chi connectivity index (χ1) is 10.2. The van der Waals surface area contributed by atoms with Gasteiger partial charge >= 0.3 is 0 Å².